The number of halogens is 3. The fourth-order valence-corrected chi connectivity index (χ4v) is 2.77. The molecule has 0 aliphatic carbocycles. The first-order valence-corrected chi connectivity index (χ1v) is 7.11. The van der Waals surface area contributed by atoms with Gasteiger partial charge in [-0.05, 0) is 12.1 Å². The first kappa shape index (κ1) is 15.4. The van der Waals surface area contributed by atoms with Crippen LogP contribution in [-0.2, 0) is 17.8 Å². The highest BCUT2D eigenvalue weighted by Gasteiger charge is 2.42. The summed E-state index contributed by atoms with van der Waals surface area (Å²) in [5.74, 6) is -1.84. The number of nitrogens with zero attached hydrogens (tertiary/aromatic N) is 3. The van der Waals surface area contributed by atoms with E-state index in [0.29, 0.717) is 11.4 Å². The minimum absolute atomic E-state index is 0.0589. The van der Waals surface area contributed by atoms with Crippen molar-refractivity contribution in [3.05, 3.63) is 52.4 Å². The zero-order chi connectivity index (χ0) is 16.6. The number of hydrogen-bond donors (Lipinski definition) is 0. The molecule has 0 N–H and O–H groups in total. The molecule has 0 spiro atoms. The highest BCUT2D eigenvalue weighted by atomic mass is 19.4. The molecule has 1 aromatic heterocycles. The molecule has 0 saturated heterocycles. The van der Waals surface area contributed by atoms with E-state index in [9.17, 15) is 22.8 Å². The third-order valence-electron chi connectivity index (χ3n) is 3.82. The minimum Gasteiger partial charge on any atom is -0.333 e. The Balaban J connectivity index is 1.92. The summed E-state index contributed by atoms with van der Waals surface area (Å²) in [5.41, 5.74) is 1.03. The number of para-hydroxylation sites is 1. The summed E-state index contributed by atoms with van der Waals surface area (Å²) in [7, 11) is 0. The van der Waals surface area contributed by atoms with Gasteiger partial charge in [0.2, 0.25) is 0 Å². The average Bonchev–Trinajstić information content (AvgIpc) is 2.69. The van der Waals surface area contributed by atoms with Gasteiger partial charge in [0.1, 0.15) is 0 Å². The van der Waals surface area contributed by atoms with Crippen LogP contribution in [0.1, 0.15) is 5.69 Å². The Kier molecular flexibility index (Phi) is 3.75. The largest absolute Gasteiger partial charge is 0.471 e. The van der Waals surface area contributed by atoms with Crippen molar-refractivity contribution < 1.29 is 18.0 Å². The van der Waals surface area contributed by atoms with Crippen molar-refractivity contribution >= 4 is 5.91 Å². The third kappa shape index (κ3) is 2.88. The van der Waals surface area contributed by atoms with Crippen LogP contribution in [0.2, 0.25) is 0 Å². The predicted octanol–water partition coefficient (Wildman–Crippen LogP) is 1.59. The maximum atomic E-state index is 12.6. The highest BCUT2D eigenvalue weighted by Crippen LogP contribution is 2.20. The molecule has 23 heavy (non-hydrogen) atoms. The molecule has 5 nitrogen and oxygen atoms in total. The van der Waals surface area contributed by atoms with Gasteiger partial charge in [0.25, 0.3) is 5.56 Å². The molecule has 1 aliphatic heterocycles. The molecule has 1 amide bonds. The smallest absolute Gasteiger partial charge is 0.333 e. The number of aromatic nitrogens is 2. The molecular formula is C15H14F3N3O2. The molecule has 0 fully saturated rings. The van der Waals surface area contributed by atoms with Crippen LogP contribution in [0.25, 0.3) is 5.69 Å². The normalized spacial score (nSPS) is 15.2. The Bertz CT molecular complexity index is 778. The van der Waals surface area contributed by atoms with Crippen LogP contribution in [-0.4, -0.2) is 39.4 Å². The number of carbonyl (C=O) groups is 1. The van der Waals surface area contributed by atoms with Crippen LogP contribution in [0.4, 0.5) is 13.2 Å². The molecule has 1 aliphatic rings. The van der Waals surface area contributed by atoms with E-state index in [-0.39, 0.29) is 31.6 Å². The van der Waals surface area contributed by atoms with Crippen LogP contribution in [0.3, 0.4) is 0 Å². The van der Waals surface area contributed by atoms with Crippen LogP contribution in [0.15, 0.2) is 41.2 Å². The van der Waals surface area contributed by atoms with Gasteiger partial charge in [-0.3, -0.25) is 14.3 Å². The Morgan fingerprint density at radius 3 is 2.39 bits per heavy atom. The van der Waals surface area contributed by atoms with Gasteiger partial charge in [0, 0.05) is 31.3 Å². The number of carbonyl (C=O) groups excluding carboxylic acids is 1. The lowest BCUT2D eigenvalue weighted by Gasteiger charge is -2.21. The van der Waals surface area contributed by atoms with Gasteiger partial charge >= 0.3 is 12.1 Å². The Labute approximate surface area is 129 Å². The van der Waals surface area contributed by atoms with E-state index in [1.807, 2.05) is 6.07 Å². The number of amides is 1. The standard InChI is InChI=1S/C15H14F3N3O2/c16-15(17,18)14(23)19-7-6-12-10-13(22)21(20(12)9-8-19)11-4-2-1-3-5-11/h1-5,10H,6-9H2. The second-order valence-corrected chi connectivity index (χ2v) is 5.28. The molecular weight excluding hydrogens is 311 g/mol. The van der Waals surface area contributed by atoms with E-state index in [1.165, 1.54) is 10.7 Å². The van der Waals surface area contributed by atoms with Crippen LogP contribution in [0, 0.1) is 0 Å². The summed E-state index contributed by atoms with van der Waals surface area (Å²) in [5, 5.41) is 0. The zero-order valence-electron chi connectivity index (χ0n) is 12.1. The number of fused-ring (bicyclic) bond motifs is 1. The number of rotatable bonds is 1. The van der Waals surface area contributed by atoms with Gasteiger partial charge in [-0.15, -0.1) is 0 Å². The maximum absolute atomic E-state index is 12.6. The van der Waals surface area contributed by atoms with Gasteiger partial charge in [0.15, 0.2) is 0 Å². The number of benzene rings is 1. The molecule has 0 bridgehead atoms. The van der Waals surface area contributed by atoms with Crippen molar-refractivity contribution in [3.63, 3.8) is 0 Å². The monoisotopic (exact) mass is 325 g/mol. The summed E-state index contributed by atoms with van der Waals surface area (Å²) in [6.07, 6.45) is -4.67. The summed E-state index contributed by atoms with van der Waals surface area (Å²) in [6, 6.07) is 10.3. The molecule has 2 heterocycles. The van der Waals surface area contributed by atoms with Crippen molar-refractivity contribution in [2.45, 2.75) is 19.1 Å². The Morgan fingerprint density at radius 2 is 1.74 bits per heavy atom. The molecule has 122 valence electrons. The van der Waals surface area contributed by atoms with E-state index in [1.54, 1.807) is 28.9 Å². The summed E-state index contributed by atoms with van der Waals surface area (Å²) in [4.78, 5) is 24.4. The van der Waals surface area contributed by atoms with E-state index in [2.05, 4.69) is 0 Å². The quantitative estimate of drug-likeness (QED) is 0.799. The van der Waals surface area contributed by atoms with Gasteiger partial charge in [0.05, 0.1) is 12.2 Å². The van der Waals surface area contributed by atoms with Gasteiger partial charge in [-0.2, -0.15) is 13.2 Å². The summed E-state index contributed by atoms with van der Waals surface area (Å²) < 4.78 is 40.8. The first-order chi connectivity index (χ1) is 10.9. The zero-order valence-corrected chi connectivity index (χ0v) is 12.1. The predicted molar refractivity (Wildman–Crippen MR) is 76.4 cm³/mol. The Morgan fingerprint density at radius 1 is 1.04 bits per heavy atom. The van der Waals surface area contributed by atoms with Crippen molar-refractivity contribution in [1.82, 2.24) is 14.3 Å². The number of hydrogen-bond acceptors (Lipinski definition) is 2. The minimum atomic E-state index is -4.88. The van der Waals surface area contributed by atoms with Gasteiger partial charge < -0.3 is 4.90 Å². The van der Waals surface area contributed by atoms with E-state index < -0.39 is 12.1 Å². The lowest BCUT2D eigenvalue weighted by Crippen LogP contribution is -2.42. The van der Waals surface area contributed by atoms with Crippen molar-refractivity contribution in [2.75, 3.05) is 13.1 Å². The fourth-order valence-electron chi connectivity index (χ4n) is 2.77. The molecule has 3 rings (SSSR count). The Hall–Kier alpha value is -2.51. The average molecular weight is 325 g/mol. The second-order valence-electron chi connectivity index (χ2n) is 5.28. The van der Waals surface area contributed by atoms with Crippen molar-refractivity contribution in [2.24, 2.45) is 0 Å². The lowest BCUT2D eigenvalue weighted by molar-refractivity contribution is -0.185. The lowest BCUT2D eigenvalue weighted by atomic mass is 10.3. The van der Waals surface area contributed by atoms with Crippen LogP contribution >= 0.6 is 0 Å². The van der Waals surface area contributed by atoms with Crippen molar-refractivity contribution in [3.8, 4) is 5.69 Å². The topological polar surface area (TPSA) is 47.2 Å². The van der Waals surface area contributed by atoms with E-state index >= 15 is 0 Å². The molecule has 0 radical (unpaired) electrons. The second kappa shape index (κ2) is 5.60. The third-order valence-corrected chi connectivity index (χ3v) is 3.82. The number of alkyl halides is 3. The van der Waals surface area contributed by atoms with Crippen LogP contribution in [0.5, 0.6) is 0 Å². The molecule has 0 atom stereocenters. The molecule has 1 aromatic carbocycles. The highest BCUT2D eigenvalue weighted by molar-refractivity contribution is 5.81. The summed E-state index contributed by atoms with van der Waals surface area (Å²) in [6.45, 7) is -0.0167. The first-order valence-electron chi connectivity index (χ1n) is 7.11. The van der Waals surface area contributed by atoms with Crippen molar-refractivity contribution in [1.29, 1.82) is 0 Å². The SMILES string of the molecule is O=C(N1CCc2cc(=O)n(-c3ccccc3)n2CC1)C(F)(F)F. The van der Waals surface area contributed by atoms with Gasteiger partial charge in [-0.25, -0.2) is 4.68 Å². The molecule has 8 heteroatoms. The molecule has 0 saturated carbocycles. The summed E-state index contributed by atoms with van der Waals surface area (Å²) >= 11 is 0. The van der Waals surface area contributed by atoms with Crippen LogP contribution < -0.4 is 5.56 Å². The molecule has 0 unspecified atom stereocenters. The van der Waals surface area contributed by atoms with Gasteiger partial charge in [-0.1, -0.05) is 18.2 Å². The maximum Gasteiger partial charge on any atom is 0.471 e. The van der Waals surface area contributed by atoms with E-state index in [4.69, 9.17) is 0 Å². The van der Waals surface area contributed by atoms with E-state index in [0.717, 1.165) is 4.90 Å². The fraction of sp³-hybridized carbons (Fsp3) is 0.333. The molecule has 2 aromatic rings.